The van der Waals surface area contributed by atoms with Gasteiger partial charge in [-0.2, -0.15) is 0 Å². The zero-order valence-corrected chi connectivity index (χ0v) is 11.2. The normalized spacial score (nSPS) is 18.4. The van der Waals surface area contributed by atoms with Crippen molar-refractivity contribution in [2.75, 3.05) is 11.9 Å². The molecule has 0 bridgehead atoms. The van der Waals surface area contributed by atoms with Crippen LogP contribution in [0, 0.1) is 0 Å². The van der Waals surface area contributed by atoms with Gasteiger partial charge in [-0.3, -0.25) is 4.79 Å². The topological polar surface area (TPSA) is 54.0 Å². The van der Waals surface area contributed by atoms with Crippen LogP contribution >= 0.6 is 11.3 Å². The van der Waals surface area contributed by atoms with Gasteiger partial charge in [0.15, 0.2) is 0 Å². The molecule has 1 aliphatic heterocycles. The van der Waals surface area contributed by atoms with Gasteiger partial charge in [0.25, 0.3) is 0 Å². The Labute approximate surface area is 115 Å². The van der Waals surface area contributed by atoms with Crippen molar-refractivity contribution >= 4 is 22.9 Å². The first-order valence-corrected chi connectivity index (χ1v) is 7.25. The van der Waals surface area contributed by atoms with Gasteiger partial charge in [0.2, 0.25) is 5.91 Å². The molecule has 1 amide bonds. The predicted molar refractivity (Wildman–Crippen MR) is 77.2 cm³/mol. The van der Waals surface area contributed by atoms with E-state index in [-0.39, 0.29) is 11.9 Å². The van der Waals surface area contributed by atoms with Crippen LogP contribution in [-0.2, 0) is 4.79 Å². The Balaban J connectivity index is 1.67. The molecule has 2 aromatic rings. The zero-order valence-electron chi connectivity index (χ0n) is 10.4. The molecule has 2 N–H and O–H groups in total. The fourth-order valence-corrected chi connectivity index (χ4v) is 2.84. The van der Waals surface area contributed by atoms with Gasteiger partial charge in [0.1, 0.15) is 5.01 Å². The maximum atomic E-state index is 11.9. The summed E-state index contributed by atoms with van der Waals surface area (Å²) in [5, 5.41) is 9.08. The minimum Gasteiger partial charge on any atom is -0.325 e. The number of thiazole rings is 1. The van der Waals surface area contributed by atoms with Crippen molar-refractivity contribution in [2.45, 2.75) is 18.9 Å². The summed E-state index contributed by atoms with van der Waals surface area (Å²) in [4.78, 5) is 16.2. The van der Waals surface area contributed by atoms with E-state index >= 15 is 0 Å². The zero-order chi connectivity index (χ0) is 13.1. The Kier molecular flexibility index (Phi) is 3.57. The van der Waals surface area contributed by atoms with Crippen molar-refractivity contribution in [1.29, 1.82) is 0 Å². The third-order valence-corrected chi connectivity index (χ3v) is 4.03. The Morgan fingerprint density at radius 3 is 2.84 bits per heavy atom. The number of carbonyl (C=O) groups excluding carboxylic acids is 1. The summed E-state index contributed by atoms with van der Waals surface area (Å²) in [5.41, 5.74) is 1.91. The minimum absolute atomic E-state index is 0.0429. The third-order valence-electron chi connectivity index (χ3n) is 3.21. The lowest BCUT2D eigenvalue weighted by molar-refractivity contribution is -0.117. The molecule has 1 fully saturated rings. The summed E-state index contributed by atoms with van der Waals surface area (Å²) in [5.74, 6) is 0.0551. The summed E-state index contributed by atoms with van der Waals surface area (Å²) in [7, 11) is 0. The Hall–Kier alpha value is -1.72. The second-order valence-corrected chi connectivity index (χ2v) is 5.45. The van der Waals surface area contributed by atoms with Crippen molar-refractivity contribution < 1.29 is 4.79 Å². The van der Waals surface area contributed by atoms with Crippen LogP contribution in [0.25, 0.3) is 10.6 Å². The molecule has 3 rings (SSSR count). The summed E-state index contributed by atoms with van der Waals surface area (Å²) in [6.45, 7) is 0.932. The van der Waals surface area contributed by atoms with E-state index in [1.54, 1.807) is 17.5 Å². The van der Waals surface area contributed by atoms with E-state index in [4.69, 9.17) is 0 Å². The minimum atomic E-state index is -0.0429. The number of nitrogens with zero attached hydrogens (tertiary/aromatic N) is 1. The number of amides is 1. The van der Waals surface area contributed by atoms with Gasteiger partial charge >= 0.3 is 0 Å². The SMILES string of the molecule is O=C(Nc1ccc(-c2nccs2)cc1)[C@H]1CCCN1. The molecular weight excluding hydrogens is 258 g/mol. The molecule has 5 heteroatoms. The number of hydrogen-bond donors (Lipinski definition) is 2. The number of carbonyl (C=O) groups is 1. The van der Waals surface area contributed by atoms with E-state index < -0.39 is 0 Å². The van der Waals surface area contributed by atoms with Crippen molar-refractivity contribution in [3.63, 3.8) is 0 Å². The summed E-state index contributed by atoms with van der Waals surface area (Å²) in [6.07, 6.45) is 3.78. The average Bonchev–Trinajstić information content (AvgIpc) is 3.13. The van der Waals surface area contributed by atoms with Crippen molar-refractivity contribution in [2.24, 2.45) is 0 Å². The molecule has 4 nitrogen and oxygen atoms in total. The van der Waals surface area contributed by atoms with Crippen LogP contribution in [0.2, 0.25) is 0 Å². The molecule has 19 heavy (non-hydrogen) atoms. The number of nitrogens with one attached hydrogen (secondary N) is 2. The maximum Gasteiger partial charge on any atom is 0.241 e. The van der Waals surface area contributed by atoms with E-state index in [0.717, 1.165) is 35.6 Å². The first kappa shape index (κ1) is 12.3. The average molecular weight is 273 g/mol. The number of rotatable bonds is 3. The standard InChI is InChI=1S/C14H15N3OS/c18-13(12-2-1-7-15-12)17-11-5-3-10(4-6-11)14-16-8-9-19-14/h3-6,8-9,12,15H,1-2,7H2,(H,17,18)/t12-/m1/s1. The molecule has 0 radical (unpaired) electrons. The highest BCUT2D eigenvalue weighted by Crippen LogP contribution is 2.23. The van der Waals surface area contributed by atoms with Crippen LogP contribution < -0.4 is 10.6 Å². The Morgan fingerprint density at radius 2 is 2.21 bits per heavy atom. The molecule has 1 saturated heterocycles. The van der Waals surface area contributed by atoms with Gasteiger partial charge in [0.05, 0.1) is 6.04 Å². The fraction of sp³-hybridized carbons (Fsp3) is 0.286. The number of benzene rings is 1. The molecule has 1 aromatic heterocycles. The van der Waals surface area contributed by atoms with Gasteiger partial charge in [-0.1, -0.05) is 0 Å². The molecule has 1 aliphatic rings. The third kappa shape index (κ3) is 2.83. The van der Waals surface area contributed by atoms with Gasteiger partial charge in [0, 0.05) is 22.8 Å². The number of hydrogen-bond acceptors (Lipinski definition) is 4. The number of aromatic nitrogens is 1. The van der Waals surface area contributed by atoms with Crippen LogP contribution in [0.15, 0.2) is 35.8 Å². The summed E-state index contributed by atoms with van der Waals surface area (Å²) in [6, 6.07) is 7.76. The van der Waals surface area contributed by atoms with Gasteiger partial charge in [-0.15, -0.1) is 11.3 Å². The molecule has 0 aliphatic carbocycles. The highest BCUT2D eigenvalue weighted by Gasteiger charge is 2.21. The lowest BCUT2D eigenvalue weighted by Gasteiger charge is -2.11. The van der Waals surface area contributed by atoms with Crippen molar-refractivity contribution in [3.8, 4) is 10.6 Å². The summed E-state index contributed by atoms with van der Waals surface area (Å²) < 4.78 is 0. The van der Waals surface area contributed by atoms with E-state index in [1.807, 2.05) is 29.6 Å². The monoisotopic (exact) mass is 273 g/mol. The van der Waals surface area contributed by atoms with Gasteiger partial charge in [-0.25, -0.2) is 4.98 Å². The first-order valence-electron chi connectivity index (χ1n) is 6.37. The smallest absolute Gasteiger partial charge is 0.241 e. The highest BCUT2D eigenvalue weighted by molar-refractivity contribution is 7.13. The number of anilines is 1. The van der Waals surface area contributed by atoms with Crippen LogP contribution in [0.5, 0.6) is 0 Å². The first-order chi connectivity index (χ1) is 9.33. The highest BCUT2D eigenvalue weighted by atomic mass is 32.1. The second-order valence-electron chi connectivity index (χ2n) is 4.55. The molecule has 0 saturated carbocycles. The lowest BCUT2D eigenvalue weighted by Crippen LogP contribution is -2.35. The quantitative estimate of drug-likeness (QED) is 0.903. The molecule has 1 aromatic carbocycles. The molecule has 2 heterocycles. The van der Waals surface area contributed by atoms with Crippen LogP contribution in [0.1, 0.15) is 12.8 Å². The predicted octanol–water partition coefficient (Wildman–Crippen LogP) is 2.50. The Morgan fingerprint density at radius 1 is 1.37 bits per heavy atom. The van der Waals surface area contributed by atoms with Crippen LogP contribution in [0.4, 0.5) is 5.69 Å². The molecule has 0 unspecified atom stereocenters. The fourth-order valence-electron chi connectivity index (χ4n) is 2.20. The maximum absolute atomic E-state index is 11.9. The van der Waals surface area contributed by atoms with Gasteiger partial charge in [-0.05, 0) is 43.7 Å². The van der Waals surface area contributed by atoms with Crippen molar-refractivity contribution in [1.82, 2.24) is 10.3 Å². The lowest BCUT2D eigenvalue weighted by atomic mass is 10.2. The van der Waals surface area contributed by atoms with Crippen molar-refractivity contribution in [3.05, 3.63) is 35.8 Å². The molecule has 98 valence electrons. The van der Waals surface area contributed by atoms with Gasteiger partial charge < -0.3 is 10.6 Å². The molecular formula is C14H15N3OS. The van der Waals surface area contributed by atoms with Crippen LogP contribution in [0.3, 0.4) is 0 Å². The van der Waals surface area contributed by atoms with E-state index in [9.17, 15) is 4.79 Å². The molecule has 1 atom stereocenters. The van der Waals surface area contributed by atoms with E-state index in [1.165, 1.54) is 0 Å². The van der Waals surface area contributed by atoms with E-state index in [2.05, 4.69) is 15.6 Å². The Bertz CT molecular complexity index is 545. The molecule has 0 spiro atoms. The van der Waals surface area contributed by atoms with E-state index in [0.29, 0.717) is 0 Å². The van der Waals surface area contributed by atoms with Crippen LogP contribution in [-0.4, -0.2) is 23.5 Å². The second kappa shape index (κ2) is 5.50. The largest absolute Gasteiger partial charge is 0.325 e. The summed E-state index contributed by atoms with van der Waals surface area (Å²) >= 11 is 1.61.